The fourth-order valence-electron chi connectivity index (χ4n) is 8.33. The van der Waals surface area contributed by atoms with Crippen molar-refractivity contribution in [1.29, 1.82) is 0 Å². The second kappa shape index (κ2) is 14.0. The summed E-state index contributed by atoms with van der Waals surface area (Å²) in [6, 6.07) is 59.1. The Balaban J connectivity index is 1.18. The van der Waals surface area contributed by atoms with Gasteiger partial charge in [0.1, 0.15) is 0 Å². The van der Waals surface area contributed by atoms with Gasteiger partial charge >= 0.3 is 0 Å². The summed E-state index contributed by atoms with van der Waals surface area (Å²) in [4.78, 5) is 0. The van der Waals surface area contributed by atoms with E-state index in [4.69, 9.17) is 0 Å². The van der Waals surface area contributed by atoms with E-state index in [0.717, 1.165) is 66.4 Å². The van der Waals surface area contributed by atoms with E-state index in [1.165, 1.54) is 0 Å². The molecule has 0 unspecified atom stereocenters. The van der Waals surface area contributed by atoms with Gasteiger partial charge in [-0.1, -0.05) is 181 Å². The van der Waals surface area contributed by atoms with Crippen LogP contribution in [0.2, 0.25) is 0 Å². The molecule has 0 amide bonds. The molecule has 8 aromatic carbocycles. The first-order valence-corrected chi connectivity index (χ1v) is 19.2. The van der Waals surface area contributed by atoms with Crippen LogP contribution in [0.15, 0.2) is 182 Å². The van der Waals surface area contributed by atoms with Crippen LogP contribution in [0, 0.1) is 47.4 Å². The second-order valence-corrected chi connectivity index (χ2v) is 14.4. The summed E-state index contributed by atoms with van der Waals surface area (Å²) >= 11 is 0. The number of benzene rings is 8. The van der Waals surface area contributed by atoms with Crippen molar-refractivity contribution in [1.82, 2.24) is 0 Å². The molecule has 0 radical (unpaired) electrons. The Morgan fingerprint density at radius 2 is 0.638 bits per heavy atom. The molecule has 2 heteroatoms. The molecule has 0 bridgehead atoms. The summed E-state index contributed by atoms with van der Waals surface area (Å²) in [5.41, 5.74) is 7.63. The van der Waals surface area contributed by atoms with Crippen LogP contribution in [0.1, 0.15) is 55.6 Å². The van der Waals surface area contributed by atoms with Crippen molar-refractivity contribution in [2.45, 2.75) is 11.2 Å². The van der Waals surface area contributed by atoms with Crippen LogP contribution in [0.3, 0.4) is 0 Å². The highest BCUT2D eigenvalue weighted by atomic mass is 16.3. The first-order valence-electron chi connectivity index (χ1n) is 19.2. The lowest BCUT2D eigenvalue weighted by molar-refractivity contribution is 0.149. The van der Waals surface area contributed by atoms with Crippen LogP contribution in [-0.2, 0) is 11.2 Å². The zero-order chi connectivity index (χ0) is 39.1. The van der Waals surface area contributed by atoms with Gasteiger partial charge in [-0.25, -0.2) is 0 Å². The van der Waals surface area contributed by atoms with Crippen molar-refractivity contribution in [3.63, 3.8) is 0 Å². The molecule has 2 nitrogen and oxygen atoms in total. The smallest absolute Gasteiger partial charge is 0.179 e. The van der Waals surface area contributed by atoms with Crippen molar-refractivity contribution < 1.29 is 10.2 Å². The molecule has 10 rings (SSSR count). The van der Waals surface area contributed by atoms with Gasteiger partial charge < -0.3 is 10.2 Å². The molecule has 2 aliphatic rings. The zero-order valence-corrected chi connectivity index (χ0v) is 31.2. The van der Waals surface area contributed by atoms with Gasteiger partial charge in [0.15, 0.2) is 11.2 Å². The minimum atomic E-state index is -1.68. The largest absolute Gasteiger partial charge is 0.369 e. The van der Waals surface area contributed by atoms with E-state index in [1.54, 1.807) is 0 Å². The Kier molecular flexibility index (Phi) is 8.39. The normalized spacial score (nSPS) is 16.4. The fourth-order valence-corrected chi connectivity index (χ4v) is 8.33. The van der Waals surface area contributed by atoms with Crippen molar-refractivity contribution in [2.75, 3.05) is 0 Å². The van der Waals surface area contributed by atoms with Crippen LogP contribution in [-0.4, -0.2) is 10.2 Å². The van der Waals surface area contributed by atoms with E-state index in [9.17, 15) is 10.2 Å². The maximum atomic E-state index is 13.2. The van der Waals surface area contributed by atoms with Gasteiger partial charge in [-0.3, -0.25) is 0 Å². The van der Waals surface area contributed by atoms with Crippen molar-refractivity contribution in [3.8, 4) is 69.6 Å². The Labute approximate surface area is 338 Å². The van der Waals surface area contributed by atoms with E-state index >= 15 is 0 Å². The average molecular weight is 737 g/mol. The number of hydrogen-bond donors (Lipinski definition) is 2. The molecule has 0 fully saturated rings. The van der Waals surface area contributed by atoms with E-state index in [1.807, 2.05) is 182 Å². The summed E-state index contributed by atoms with van der Waals surface area (Å²) < 4.78 is 0. The summed E-state index contributed by atoms with van der Waals surface area (Å²) in [5.74, 6) is 26.6. The molecule has 0 aliphatic heterocycles. The first-order chi connectivity index (χ1) is 28.5. The van der Waals surface area contributed by atoms with Crippen molar-refractivity contribution >= 4 is 10.8 Å². The van der Waals surface area contributed by atoms with E-state index in [-0.39, 0.29) is 0 Å². The standard InChI is InChI=1S/C56H32O2/c57-55(37-35-43-23-9-7-21-41(43)33-31-39-17-3-1-4-18-39)49-29-15-13-27-47(49)51-52-48-28-14-16-30-50(48)56(58,54(52)46-26-12-11-25-45(46)53(51)55)38-36-44-24-10-8-22-42(44)34-32-40-19-5-2-6-20-40/h1-30,57-58H/t55-,56-/m0/s1. The predicted octanol–water partition coefficient (Wildman–Crippen LogP) is 10.2. The highest BCUT2D eigenvalue weighted by molar-refractivity contribution is 6.11. The molecule has 0 spiro atoms. The Morgan fingerprint density at radius 1 is 0.310 bits per heavy atom. The summed E-state index contributed by atoms with van der Waals surface area (Å²) in [5, 5.41) is 27.9. The molecule has 8 aromatic rings. The lowest BCUT2D eigenvalue weighted by atomic mass is 9.81. The highest BCUT2D eigenvalue weighted by Gasteiger charge is 2.50. The molecular formula is C56H32O2. The van der Waals surface area contributed by atoms with Crippen molar-refractivity contribution in [3.05, 3.63) is 238 Å². The molecule has 0 saturated carbocycles. The topological polar surface area (TPSA) is 40.5 Å². The van der Waals surface area contributed by atoms with E-state index < -0.39 is 11.2 Å². The van der Waals surface area contributed by atoms with Crippen LogP contribution < -0.4 is 0 Å². The predicted molar refractivity (Wildman–Crippen MR) is 232 cm³/mol. The Morgan fingerprint density at radius 3 is 1.05 bits per heavy atom. The third-order valence-electron chi connectivity index (χ3n) is 11.0. The molecule has 0 heterocycles. The summed E-state index contributed by atoms with van der Waals surface area (Å²) in [7, 11) is 0. The number of fused-ring (bicyclic) bond motifs is 10. The van der Waals surface area contributed by atoms with Crippen molar-refractivity contribution in [2.24, 2.45) is 0 Å². The van der Waals surface area contributed by atoms with Gasteiger partial charge in [0.2, 0.25) is 0 Å². The zero-order valence-electron chi connectivity index (χ0n) is 31.2. The van der Waals surface area contributed by atoms with Crippen LogP contribution in [0.4, 0.5) is 0 Å². The highest BCUT2D eigenvalue weighted by Crippen LogP contribution is 2.61. The van der Waals surface area contributed by atoms with Crippen LogP contribution in [0.25, 0.3) is 33.0 Å². The minimum absolute atomic E-state index is 0.689. The van der Waals surface area contributed by atoms with Gasteiger partial charge in [-0.15, -0.1) is 0 Å². The van der Waals surface area contributed by atoms with Crippen LogP contribution in [0.5, 0.6) is 0 Å². The SMILES string of the molecule is O[C@@]1(C#Cc2ccccc2C#Cc2ccccc2)c2ccccc2-c2c3c(c4ccccc4c21)[C@](O)(C#Cc1ccccc1C#Cc1ccccc1)c1ccccc1-3. The van der Waals surface area contributed by atoms with Gasteiger partial charge in [0.25, 0.3) is 0 Å². The second-order valence-electron chi connectivity index (χ2n) is 14.4. The Hall–Kier alpha value is -7.82. The van der Waals surface area contributed by atoms with Gasteiger partial charge in [0, 0.05) is 55.6 Å². The molecule has 2 aliphatic carbocycles. The van der Waals surface area contributed by atoms with Gasteiger partial charge in [-0.2, -0.15) is 0 Å². The third kappa shape index (κ3) is 5.70. The van der Waals surface area contributed by atoms with E-state index in [2.05, 4.69) is 47.4 Å². The molecule has 0 aromatic heterocycles. The molecule has 58 heavy (non-hydrogen) atoms. The maximum absolute atomic E-state index is 13.2. The van der Waals surface area contributed by atoms with Crippen LogP contribution >= 0.6 is 0 Å². The number of rotatable bonds is 0. The maximum Gasteiger partial charge on any atom is 0.179 e. The Bertz CT molecular complexity index is 3000. The monoisotopic (exact) mass is 736 g/mol. The lowest BCUT2D eigenvalue weighted by Crippen LogP contribution is -2.25. The minimum Gasteiger partial charge on any atom is -0.369 e. The van der Waals surface area contributed by atoms with Gasteiger partial charge in [0.05, 0.1) is 0 Å². The molecule has 2 atom stereocenters. The van der Waals surface area contributed by atoms with Gasteiger partial charge in [-0.05, 0) is 81.6 Å². The molecule has 2 N–H and O–H groups in total. The number of hydrogen-bond acceptors (Lipinski definition) is 2. The summed E-state index contributed by atoms with van der Waals surface area (Å²) in [6.07, 6.45) is 0. The number of aliphatic hydroxyl groups is 2. The average Bonchev–Trinajstić information content (AvgIpc) is 3.70. The molecule has 0 saturated heterocycles. The summed E-state index contributed by atoms with van der Waals surface area (Å²) in [6.45, 7) is 0. The quantitative estimate of drug-likeness (QED) is 0.152. The molecule has 268 valence electrons. The molecular weight excluding hydrogens is 705 g/mol. The van der Waals surface area contributed by atoms with E-state index in [0.29, 0.717) is 22.3 Å². The fraction of sp³-hybridized carbons (Fsp3) is 0.0357. The lowest BCUT2D eigenvalue weighted by Gasteiger charge is -2.25. The first kappa shape index (κ1) is 34.7. The third-order valence-corrected chi connectivity index (χ3v) is 11.0.